The SMILES string of the molecule is CCNC(=NCc1ccc(CN(C)C(=O)OC(C)(C)C)cc1)NCc1ccon1.I. The molecule has 1 heterocycles. The molecule has 30 heavy (non-hydrogen) atoms. The second-order valence-corrected chi connectivity index (χ2v) is 7.69. The Kier molecular flexibility index (Phi) is 10.6. The van der Waals surface area contributed by atoms with Gasteiger partial charge in [0, 0.05) is 26.2 Å². The molecule has 2 rings (SSSR count). The largest absolute Gasteiger partial charge is 0.444 e. The molecule has 2 N–H and O–H groups in total. The predicted octanol–water partition coefficient (Wildman–Crippen LogP) is 3.91. The van der Waals surface area contributed by atoms with Gasteiger partial charge < -0.3 is 24.8 Å². The van der Waals surface area contributed by atoms with Crippen LogP contribution in [0.1, 0.15) is 44.5 Å². The van der Waals surface area contributed by atoms with E-state index in [2.05, 4.69) is 20.8 Å². The minimum atomic E-state index is -0.501. The maximum absolute atomic E-state index is 12.1. The van der Waals surface area contributed by atoms with Crippen molar-refractivity contribution in [1.82, 2.24) is 20.7 Å². The monoisotopic (exact) mass is 529 g/mol. The molecule has 0 radical (unpaired) electrons. The molecule has 0 aliphatic carbocycles. The minimum absolute atomic E-state index is 0. The number of hydrogen-bond donors (Lipinski definition) is 2. The average Bonchev–Trinajstić information content (AvgIpc) is 3.17. The molecule has 0 fully saturated rings. The molecule has 0 unspecified atom stereocenters. The van der Waals surface area contributed by atoms with Gasteiger partial charge in [-0.3, -0.25) is 0 Å². The normalized spacial score (nSPS) is 11.4. The summed E-state index contributed by atoms with van der Waals surface area (Å²) in [6, 6.07) is 9.85. The van der Waals surface area contributed by atoms with Gasteiger partial charge in [0.05, 0.1) is 13.1 Å². The highest BCUT2D eigenvalue weighted by Gasteiger charge is 2.19. The Morgan fingerprint density at radius 2 is 1.83 bits per heavy atom. The van der Waals surface area contributed by atoms with Crippen molar-refractivity contribution in [3.05, 3.63) is 53.4 Å². The maximum Gasteiger partial charge on any atom is 0.410 e. The molecular formula is C21H32IN5O3. The molecule has 8 nitrogen and oxygen atoms in total. The molecule has 0 spiro atoms. The van der Waals surface area contributed by atoms with E-state index in [1.807, 2.05) is 58.0 Å². The van der Waals surface area contributed by atoms with Gasteiger partial charge in [0.15, 0.2) is 5.96 Å². The summed E-state index contributed by atoms with van der Waals surface area (Å²) in [6.45, 7) is 9.92. The van der Waals surface area contributed by atoms with E-state index in [4.69, 9.17) is 9.26 Å². The molecule has 0 saturated carbocycles. The van der Waals surface area contributed by atoms with Crippen LogP contribution in [-0.2, 0) is 24.4 Å². The van der Waals surface area contributed by atoms with Gasteiger partial charge in [-0.15, -0.1) is 24.0 Å². The number of carbonyl (C=O) groups excluding carboxylic acids is 1. The number of nitrogens with zero attached hydrogens (tertiary/aromatic N) is 3. The Morgan fingerprint density at radius 1 is 1.17 bits per heavy atom. The molecule has 1 amide bonds. The van der Waals surface area contributed by atoms with Crippen molar-refractivity contribution in [3.8, 4) is 0 Å². The first-order valence-corrected chi connectivity index (χ1v) is 9.70. The lowest BCUT2D eigenvalue weighted by Gasteiger charge is -2.24. The summed E-state index contributed by atoms with van der Waals surface area (Å²) in [7, 11) is 1.73. The summed E-state index contributed by atoms with van der Waals surface area (Å²) >= 11 is 0. The lowest BCUT2D eigenvalue weighted by Crippen LogP contribution is -2.36. The number of halogens is 1. The number of hydrogen-bond acceptors (Lipinski definition) is 5. The smallest absolute Gasteiger partial charge is 0.410 e. The van der Waals surface area contributed by atoms with Crippen molar-refractivity contribution in [3.63, 3.8) is 0 Å². The topological polar surface area (TPSA) is 92.0 Å². The van der Waals surface area contributed by atoms with Crippen molar-refractivity contribution < 1.29 is 14.1 Å². The van der Waals surface area contributed by atoms with Crippen LogP contribution in [0, 0.1) is 0 Å². The van der Waals surface area contributed by atoms with E-state index >= 15 is 0 Å². The van der Waals surface area contributed by atoms with Crippen LogP contribution in [0.5, 0.6) is 0 Å². The first kappa shape index (κ1) is 25.7. The number of benzene rings is 1. The molecule has 1 aromatic heterocycles. The molecule has 166 valence electrons. The summed E-state index contributed by atoms with van der Waals surface area (Å²) in [4.78, 5) is 18.2. The quantitative estimate of drug-likeness (QED) is 0.321. The molecule has 0 aliphatic rings. The third-order valence-corrected chi connectivity index (χ3v) is 3.84. The Balaban J connectivity index is 0.00000450. The van der Waals surface area contributed by atoms with E-state index in [0.717, 1.165) is 23.4 Å². The molecular weight excluding hydrogens is 497 g/mol. The van der Waals surface area contributed by atoms with Crippen LogP contribution in [0.2, 0.25) is 0 Å². The van der Waals surface area contributed by atoms with E-state index < -0.39 is 5.60 Å². The fourth-order valence-corrected chi connectivity index (χ4v) is 2.44. The highest BCUT2D eigenvalue weighted by Crippen LogP contribution is 2.12. The fourth-order valence-electron chi connectivity index (χ4n) is 2.44. The third-order valence-electron chi connectivity index (χ3n) is 3.84. The highest BCUT2D eigenvalue weighted by molar-refractivity contribution is 14.0. The van der Waals surface area contributed by atoms with Gasteiger partial charge in [0.1, 0.15) is 17.6 Å². The first-order chi connectivity index (χ1) is 13.8. The molecule has 0 atom stereocenters. The van der Waals surface area contributed by atoms with E-state index in [1.165, 1.54) is 0 Å². The number of rotatable bonds is 7. The standard InChI is InChI=1S/C21H31N5O3.HI/c1-6-22-19(24-14-18-11-12-28-25-18)23-13-16-7-9-17(10-8-16)15-26(5)20(27)29-21(2,3)4;/h7-12H,6,13-15H2,1-5H3,(H2,22,23,24);1H. The van der Waals surface area contributed by atoms with Gasteiger partial charge in [-0.05, 0) is 38.8 Å². The second kappa shape index (κ2) is 12.4. The lowest BCUT2D eigenvalue weighted by atomic mass is 10.1. The van der Waals surface area contributed by atoms with Crippen LogP contribution in [-0.4, -0.2) is 41.3 Å². The Morgan fingerprint density at radius 3 is 2.40 bits per heavy atom. The van der Waals surface area contributed by atoms with Crippen LogP contribution < -0.4 is 10.6 Å². The van der Waals surface area contributed by atoms with Crippen molar-refractivity contribution in [2.45, 2.75) is 52.9 Å². The highest BCUT2D eigenvalue weighted by atomic mass is 127. The van der Waals surface area contributed by atoms with E-state index in [-0.39, 0.29) is 30.1 Å². The maximum atomic E-state index is 12.1. The van der Waals surface area contributed by atoms with Crippen molar-refractivity contribution in [1.29, 1.82) is 0 Å². The summed E-state index contributed by atoms with van der Waals surface area (Å²) < 4.78 is 10.2. The summed E-state index contributed by atoms with van der Waals surface area (Å²) in [5.74, 6) is 0.712. The zero-order valence-electron chi connectivity index (χ0n) is 18.3. The van der Waals surface area contributed by atoms with Gasteiger partial charge in [0.2, 0.25) is 0 Å². The zero-order valence-corrected chi connectivity index (χ0v) is 20.6. The Labute approximate surface area is 195 Å². The van der Waals surface area contributed by atoms with Crippen LogP contribution >= 0.6 is 24.0 Å². The minimum Gasteiger partial charge on any atom is -0.444 e. The first-order valence-electron chi connectivity index (χ1n) is 9.70. The number of aromatic nitrogens is 1. The summed E-state index contributed by atoms with van der Waals surface area (Å²) in [5.41, 5.74) is 2.42. The number of ether oxygens (including phenoxy) is 1. The predicted molar refractivity (Wildman–Crippen MR) is 128 cm³/mol. The summed E-state index contributed by atoms with van der Waals surface area (Å²) in [6.07, 6.45) is 1.21. The molecule has 0 bridgehead atoms. The second-order valence-electron chi connectivity index (χ2n) is 7.69. The number of carbonyl (C=O) groups is 1. The van der Waals surface area contributed by atoms with Crippen LogP contribution in [0.4, 0.5) is 4.79 Å². The van der Waals surface area contributed by atoms with Gasteiger partial charge in [-0.2, -0.15) is 0 Å². The van der Waals surface area contributed by atoms with Crippen molar-refractivity contribution in [2.24, 2.45) is 4.99 Å². The van der Waals surface area contributed by atoms with Crippen molar-refractivity contribution >= 4 is 36.0 Å². The Bertz CT molecular complexity index is 786. The van der Waals surface area contributed by atoms with E-state index in [0.29, 0.717) is 25.6 Å². The van der Waals surface area contributed by atoms with Gasteiger partial charge in [-0.1, -0.05) is 29.4 Å². The summed E-state index contributed by atoms with van der Waals surface area (Å²) in [5, 5.41) is 10.3. The fraction of sp³-hybridized carbons (Fsp3) is 0.476. The number of aliphatic imine (C=N–C) groups is 1. The van der Waals surface area contributed by atoms with Crippen LogP contribution in [0.15, 0.2) is 46.1 Å². The van der Waals surface area contributed by atoms with Crippen LogP contribution in [0.3, 0.4) is 0 Å². The molecule has 9 heteroatoms. The lowest BCUT2D eigenvalue weighted by molar-refractivity contribution is 0.0285. The van der Waals surface area contributed by atoms with Crippen molar-refractivity contribution in [2.75, 3.05) is 13.6 Å². The number of guanidine groups is 1. The average molecular weight is 529 g/mol. The number of amides is 1. The van der Waals surface area contributed by atoms with E-state index in [9.17, 15) is 4.79 Å². The third kappa shape index (κ3) is 9.47. The van der Waals surface area contributed by atoms with Crippen LogP contribution in [0.25, 0.3) is 0 Å². The van der Waals surface area contributed by atoms with Gasteiger partial charge in [0.25, 0.3) is 0 Å². The zero-order chi connectivity index (χ0) is 21.3. The molecule has 0 saturated heterocycles. The Hall–Kier alpha value is -2.30. The van der Waals surface area contributed by atoms with Gasteiger partial charge in [-0.25, -0.2) is 9.79 Å². The molecule has 1 aromatic carbocycles. The number of nitrogens with one attached hydrogen (secondary N) is 2. The van der Waals surface area contributed by atoms with Gasteiger partial charge >= 0.3 is 6.09 Å². The molecule has 0 aliphatic heterocycles. The molecule has 2 aromatic rings. The van der Waals surface area contributed by atoms with E-state index in [1.54, 1.807) is 18.2 Å².